The molecule has 1 aromatic rings. The van der Waals surface area contributed by atoms with Gasteiger partial charge in [0.1, 0.15) is 5.82 Å². The summed E-state index contributed by atoms with van der Waals surface area (Å²) in [4.78, 5) is 11.6. The van der Waals surface area contributed by atoms with Gasteiger partial charge in [-0.25, -0.2) is 0 Å². The summed E-state index contributed by atoms with van der Waals surface area (Å²) >= 11 is 0. The van der Waals surface area contributed by atoms with Crippen LogP contribution in [0.5, 0.6) is 0 Å². The molecule has 1 aliphatic carbocycles. The van der Waals surface area contributed by atoms with Gasteiger partial charge >= 0.3 is 0 Å². The number of hydrogen-bond donors (Lipinski definition) is 3. The van der Waals surface area contributed by atoms with E-state index >= 15 is 0 Å². The highest BCUT2D eigenvalue weighted by Gasteiger charge is 2.31. The molecular weight excluding hydrogens is 192 g/mol. The third-order valence-electron chi connectivity index (χ3n) is 2.89. The Hall–Kier alpha value is -1.36. The number of carbonyl (C=O) groups excluding carboxylic acids is 1. The van der Waals surface area contributed by atoms with Gasteiger partial charge in [0.25, 0.3) is 0 Å². The van der Waals surface area contributed by atoms with Crippen LogP contribution in [0, 0.1) is 0 Å². The summed E-state index contributed by atoms with van der Waals surface area (Å²) < 4.78 is 0. The van der Waals surface area contributed by atoms with Crippen LogP contribution < -0.4 is 11.1 Å². The SMILES string of the molecule is NC1(CC(=O)Nc2ccn[nH]2)CCCC1. The number of hydrogen-bond acceptors (Lipinski definition) is 3. The molecule has 0 atom stereocenters. The topological polar surface area (TPSA) is 83.8 Å². The summed E-state index contributed by atoms with van der Waals surface area (Å²) in [5.74, 6) is 0.588. The zero-order valence-corrected chi connectivity index (χ0v) is 8.62. The van der Waals surface area contributed by atoms with Gasteiger partial charge < -0.3 is 11.1 Å². The first-order valence-electron chi connectivity index (χ1n) is 5.26. The first-order chi connectivity index (χ1) is 7.18. The van der Waals surface area contributed by atoms with Crippen LogP contribution in [0.2, 0.25) is 0 Å². The molecule has 0 saturated heterocycles. The van der Waals surface area contributed by atoms with Crippen LogP contribution in [0.3, 0.4) is 0 Å². The maximum absolute atomic E-state index is 11.6. The Bertz CT molecular complexity index is 327. The zero-order chi connectivity index (χ0) is 10.7. The third-order valence-corrected chi connectivity index (χ3v) is 2.89. The third kappa shape index (κ3) is 2.56. The van der Waals surface area contributed by atoms with E-state index in [1.807, 2.05) is 0 Å². The Labute approximate surface area is 88.4 Å². The number of rotatable bonds is 3. The molecule has 1 aromatic heterocycles. The van der Waals surface area contributed by atoms with Gasteiger partial charge in [0.15, 0.2) is 0 Å². The number of H-pyrrole nitrogens is 1. The summed E-state index contributed by atoms with van der Waals surface area (Å²) in [7, 11) is 0. The van der Waals surface area contributed by atoms with Crippen LogP contribution in [0.1, 0.15) is 32.1 Å². The summed E-state index contributed by atoms with van der Waals surface area (Å²) in [6.45, 7) is 0. The van der Waals surface area contributed by atoms with E-state index in [0.717, 1.165) is 25.7 Å². The number of aromatic amines is 1. The van der Waals surface area contributed by atoms with Crippen molar-refractivity contribution < 1.29 is 4.79 Å². The van der Waals surface area contributed by atoms with Crippen molar-refractivity contribution in [2.24, 2.45) is 5.73 Å². The predicted octanol–water partition coefficient (Wildman–Crippen LogP) is 1.01. The highest BCUT2D eigenvalue weighted by molar-refractivity contribution is 5.90. The van der Waals surface area contributed by atoms with Gasteiger partial charge in [-0.2, -0.15) is 5.10 Å². The lowest BCUT2D eigenvalue weighted by atomic mass is 9.94. The average molecular weight is 208 g/mol. The van der Waals surface area contributed by atoms with E-state index in [4.69, 9.17) is 5.73 Å². The average Bonchev–Trinajstić information content (AvgIpc) is 2.76. The Kier molecular flexibility index (Phi) is 2.73. The van der Waals surface area contributed by atoms with Gasteiger partial charge in [0.05, 0.1) is 6.20 Å². The number of anilines is 1. The first kappa shape index (κ1) is 10.2. The maximum atomic E-state index is 11.6. The minimum Gasteiger partial charge on any atom is -0.325 e. The van der Waals surface area contributed by atoms with E-state index in [2.05, 4.69) is 15.5 Å². The smallest absolute Gasteiger partial charge is 0.227 e. The minimum absolute atomic E-state index is 0.0383. The highest BCUT2D eigenvalue weighted by Crippen LogP contribution is 2.30. The van der Waals surface area contributed by atoms with Gasteiger partial charge in [-0.05, 0) is 12.8 Å². The second kappa shape index (κ2) is 4.02. The van der Waals surface area contributed by atoms with Crippen molar-refractivity contribution in [1.82, 2.24) is 10.2 Å². The maximum Gasteiger partial charge on any atom is 0.227 e. The van der Waals surface area contributed by atoms with Crippen LogP contribution in [0.4, 0.5) is 5.82 Å². The van der Waals surface area contributed by atoms with Crippen molar-refractivity contribution in [3.63, 3.8) is 0 Å². The number of aromatic nitrogens is 2. The molecule has 0 unspecified atom stereocenters. The first-order valence-corrected chi connectivity index (χ1v) is 5.26. The largest absolute Gasteiger partial charge is 0.325 e. The Morgan fingerprint density at radius 2 is 2.33 bits per heavy atom. The van der Waals surface area contributed by atoms with Crippen LogP contribution >= 0.6 is 0 Å². The number of nitrogens with two attached hydrogens (primary N) is 1. The Morgan fingerprint density at radius 1 is 1.60 bits per heavy atom. The lowest BCUT2D eigenvalue weighted by Gasteiger charge is -2.22. The van der Waals surface area contributed by atoms with Crippen molar-refractivity contribution in [2.45, 2.75) is 37.6 Å². The minimum atomic E-state index is -0.288. The predicted molar refractivity (Wildman–Crippen MR) is 57.2 cm³/mol. The monoisotopic (exact) mass is 208 g/mol. The molecule has 4 N–H and O–H groups in total. The normalized spacial score (nSPS) is 19.0. The Morgan fingerprint density at radius 3 is 2.93 bits per heavy atom. The van der Waals surface area contributed by atoms with Crippen molar-refractivity contribution in [2.75, 3.05) is 5.32 Å². The fourth-order valence-corrected chi connectivity index (χ4v) is 2.10. The summed E-state index contributed by atoms with van der Waals surface area (Å²) in [6, 6.07) is 1.72. The molecule has 1 aliphatic rings. The van der Waals surface area contributed by atoms with E-state index in [-0.39, 0.29) is 11.4 Å². The lowest BCUT2D eigenvalue weighted by molar-refractivity contribution is -0.117. The van der Waals surface area contributed by atoms with Crippen LogP contribution in [0.15, 0.2) is 12.3 Å². The number of carbonyl (C=O) groups is 1. The second-order valence-electron chi connectivity index (χ2n) is 4.26. The molecule has 0 bridgehead atoms. The molecule has 2 rings (SSSR count). The van der Waals surface area contributed by atoms with Crippen molar-refractivity contribution in [3.05, 3.63) is 12.3 Å². The van der Waals surface area contributed by atoms with E-state index in [9.17, 15) is 4.79 Å². The molecule has 0 radical (unpaired) electrons. The van der Waals surface area contributed by atoms with Gasteiger partial charge in [0.2, 0.25) is 5.91 Å². The fourth-order valence-electron chi connectivity index (χ4n) is 2.10. The van der Waals surface area contributed by atoms with Gasteiger partial charge in [-0.3, -0.25) is 9.89 Å². The van der Waals surface area contributed by atoms with Crippen LogP contribution in [-0.4, -0.2) is 21.6 Å². The molecule has 1 heterocycles. The number of nitrogens with zero attached hydrogens (tertiary/aromatic N) is 1. The zero-order valence-electron chi connectivity index (χ0n) is 8.62. The molecule has 5 heteroatoms. The van der Waals surface area contributed by atoms with E-state index in [1.165, 1.54) is 0 Å². The molecular formula is C10H16N4O. The number of amides is 1. The standard InChI is InChI=1S/C10H16N4O/c11-10(4-1-2-5-10)7-9(15)13-8-3-6-12-14-8/h3,6H,1-2,4-5,7,11H2,(H2,12,13,14,15). The molecule has 0 aromatic carbocycles. The number of nitrogens with one attached hydrogen (secondary N) is 2. The second-order valence-corrected chi connectivity index (χ2v) is 4.26. The van der Waals surface area contributed by atoms with Gasteiger partial charge in [-0.15, -0.1) is 0 Å². The molecule has 0 aliphatic heterocycles. The lowest BCUT2D eigenvalue weighted by Crippen LogP contribution is -2.40. The van der Waals surface area contributed by atoms with E-state index in [1.54, 1.807) is 12.3 Å². The quantitative estimate of drug-likeness (QED) is 0.693. The molecule has 1 fully saturated rings. The van der Waals surface area contributed by atoms with E-state index in [0.29, 0.717) is 12.2 Å². The van der Waals surface area contributed by atoms with Crippen LogP contribution in [0.25, 0.3) is 0 Å². The van der Waals surface area contributed by atoms with Gasteiger partial charge in [-0.1, -0.05) is 12.8 Å². The van der Waals surface area contributed by atoms with Crippen molar-refractivity contribution in [3.8, 4) is 0 Å². The van der Waals surface area contributed by atoms with Crippen molar-refractivity contribution >= 4 is 11.7 Å². The summed E-state index contributed by atoms with van der Waals surface area (Å²) in [5.41, 5.74) is 5.81. The molecule has 5 nitrogen and oxygen atoms in total. The Balaban J connectivity index is 1.87. The van der Waals surface area contributed by atoms with Crippen molar-refractivity contribution in [1.29, 1.82) is 0 Å². The molecule has 15 heavy (non-hydrogen) atoms. The van der Waals surface area contributed by atoms with Crippen LogP contribution in [-0.2, 0) is 4.79 Å². The molecule has 0 spiro atoms. The van der Waals surface area contributed by atoms with E-state index < -0.39 is 0 Å². The molecule has 1 saturated carbocycles. The summed E-state index contributed by atoms with van der Waals surface area (Å²) in [5, 5.41) is 9.17. The fraction of sp³-hybridized carbons (Fsp3) is 0.600. The summed E-state index contributed by atoms with van der Waals surface area (Å²) in [6.07, 6.45) is 6.16. The highest BCUT2D eigenvalue weighted by atomic mass is 16.1. The molecule has 1 amide bonds. The van der Waals surface area contributed by atoms with Gasteiger partial charge in [0, 0.05) is 18.0 Å². The molecule has 82 valence electrons.